The maximum Gasteiger partial charge on any atom is 0.329 e. The molecule has 0 spiro atoms. The minimum Gasteiger partial charge on any atom is -0.497 e. The van der Waals surface area contributed by atoms with Gasteiger partial charge in [-0.3, -0.25) is 4.79 Å². The summed E-state index contributed by atoms with van der Waals surface area (Å²) in [7, 11) is 4.65. The van der Waals surface area contributed by atoms with Crippen molar-refractivity contribution in [3.8, 4) is 11.5 Å². The van der Waals surface area contributed by atoms with Crippen LogP contribution in [0.25, 0.3) is 0 Å². The Labute approximate surface area is 223 Å². The van der Waals surface area contributed by atoms with Gasteiger partial charge in [-0.05, 0) is 42.0 Å². The quantitative estimate of drug-likeness (QED) is 0.409. The number of ether oxygens (including phenoxy) is 4. The van der Waals surface area contributed by atoms with Crippen LogP contribution in [0.15, 0.2) is 42.5 Å². The molecule has 7 atom stereocenters. The number of hydrogen-bond donors (Lipinski definition) is 2. The lowest BCUT2D eigenvalue weighted by atomic mass is 9.93. The average Bonchev–Trinajstić information content (AvgIpc) is 3.30. The number of rotatable bonds is 12. The normalized spacial score (nSPS) is 24.1. The van der Waals surface area contributed by atoms with Gasteiger partial charge in [0, 0.05) is 37.2 Å². The van der Waals surface area contributed by atoms with Gasteiger partial charge in [-0.15, -0.1) is 0 Å². The zero-order chi connectivity index (χ0) is 27.4. The van der Waals surface area contributed by atoms with Crippen molar-refractivity contribution in [3.63, 3.8) is 0 Å². The SMILES string of the molecule is COc1ccc(COC(=O)[C@H](Cc2ccccc2F)NC(=O)[C@H](C)[C@@H](OC)[C@@H]2C[C@@H]3[C@H](C)[C@@H]3N2)c(OC)c1. The monoisotopic (exact) mass is 528 g/mol. The van der Waals surface area contributed by atoms with Gasteiger partial charge in [-0.1, -0.05) is 32.0 Å². The third-order valence-corrected chi connectivity index (χ3v) is 7.92. The number of piperidine rings is 1. The summed E-state index contributed by atoms with van der Waals surface area (Å²) in [5, 5.41) is 6.38. The molecule has 1 saturated heterocycles. The van der Waals surface area contributed by atoms with Gasteiger partial charge in [0.15, 0.2) is 0 Å². The molecular weight excluding hydrogens is 491 g/mol. The summed E-state index contributed by atoms with van der Waals surface area (Å²) < 4.78 is 36.4. The van der Waals surface area contributed by atoms with Crippen LogP contribution >= 0.6 is 0 Å². The molecule has 38 heavy (non-hydrogen) atoms. The van der Waals surface area contributed by atoms with Gasteiger partial charge in [0.2, 0.25) is 5.91 Å². The first-order valence-electron chi connectivity index (χ1n) is 13.0. The lowest BCUT2D eigenvalue weighted by molar-refractivity contribution is -0.150. The molecule has 2 aromatic carbocycles. The minimum atomic E-state index is -1.09. The van der Waals surface area contributed by atoms with E-state index >= 15 is 0 Å². The lowest BCUT2D eigenvalue weighted by Gasteiger charge is -2.30. The van der Waals surface area contributed by atoms with Gasteiger partial charge in [0.05, 0.1) is 26.2 Å². The number of carbonyl (C=O) groups is 2. The highest BCUT2D eigenvalue weighted by Gasteiger charge is 2.55. The summed E-state index contributed by atoms with van der Waals surface area (Å²) in [4.78, 5) is 26.6. The molecule has 9 heteroatoms. The number of esters is 1. The predicted octanol–water partition coefficient (Wildman–Crippen LogP) is 3.26. The molecule has 1 saturated carbocycles. The molecule has 0 bridgehead atoms. The van der Waals surface area contributed by atoms with Crippen LogP contribution in [0.4, 0.5) is 4.39 Å². The molecule has 0 radical (unpaired) electrons. The second kappa shape index (κ2) is 12.1. The van der Waals surface area contributed by atoms with Crippen molar-refractivity contribution >= 4 is 11.9 Å². The first-order chi connectivity index (χ1) is 18.3. The van der Waals surface area contributed by atoms with E-state index in [1.165, 1.54) is 13.2 Å². The number of amides is 1. The van der Waals surface area contributed by atoms with Gasteiger partial charge in [-0.2, -0.15) is 0 Å². The Bertz CT molecular complexity index is 1130. The molecule has 1 aliphatic carbocycles. The van der Waals surface area contributed by atoms with Crippen molar-refractivity contribution in [1.29, 1.82) is 0 Å². The standard InChI is InChI=1S/C29H37FN2O6/c1-16-21-14-23(31-26(16)21)27(37-5)17(2)28(33)32-24(12-18-8-6-7-9-22(18)30)29(34)38-15-19-10-11-20(35-3)13-25(19)36-4/h6-11,13,16-17,21,23-24,26-27,31H,12,14-15H2,1-5H3,(H,32,33)/t16-,17+,21+,23-,24-,26-,27+/m0/s1. The summed E-state index contributed by atoms with van der Waals surface area (Å²) in [6.07, 6.45) is 0.542. The van der Waals surface area contributed by atoms with E-state index in [-0.39, 0.29) is 31.1 Å². The Balaban J connectivity index is 1.46. The molecule has 1 amide bonds. The Morgan fingerprint density at radius 3 is 2.50 bits per heavy atom. The zero-order valence-electron chi connectivity index (χ0n) is 22.5. The molecule has 2 fully saturated rings. The fourth-order valence-electron chi connectivity index (χ4n) is 5.49. The smallest absolute Gasteiger partial charge is 0.329 e. The highest BCUT2D eigenvalue weighted by atomic mass is 19.1. The van der Waals surface area contributed by atoms with Crippen molar-refractivity contribution in [2.45, 2.75) is 57.5 Å². The highest BCUT2D eigenvalue weighted by Crippen LogP contribution is 2.48. The lowest BCUT2D eigenvalue weighted by Crippen LogP contribution is -2.51. The van der Waals surface area contributed by atoms with E-state index in [1.54, 1.807) is 57.5 Å². The van der Waals surface area contributed by atoms with Crippen molar-refractivity contribution in [2.24, 2.45) is 17.8 Å². The van der Waals surface area contributed by atoms with Crippen LogP contribution in [0.5, 0.6) is 11.5 Å². The van der Waals surface area contributed by atoms with Crippen molar-refractivity contribution in [2.75, 3.05) is 21.3 Å². The molecule has 1 heterocycles. The van der Waals surface area contributed by atoms with E-state index < -0.39 is 23.7 Å². The Kier molecular flexibility index (Phi) is 8.89. The van der Waals surface area contributed by atoms with Gasteiger partial charge >= 0.3 is 5.97 Å². The van der Waals surface area contributed by atoms with Gasteiger partial charge in [-0.25, -0.2) is 9.18 Å². The Hall–Kier alpha value is -3.17. The third-order valence-electron chi connectivity index (χ3n) is 7.92. The highest BCUT2D eigenvalue weighted by molar-refractivity contribution is 5.86. The fraction of sp³-hybridized carbons (Fsp3) is 0.517. The predicted molar refractivity (Wildman–Crippen MR) is 139 cm³/mol. The van der Waals surface area contributed by atoms with E-state index in [2.05, 4.69) is 17.6 Å². The van der Waals surface area contributed by atoms with Crippen molar-refractivity contribution < 1.29 is 32.9 Å². The third kappa shape index (κ3) is 6.10. The van der Waals surface area contributed by atoms with Gasteiger partial charge < -0.3 is 29.6 Å². The molecule has 4 rings (SSSR count). The summed E-state index contributed by atoms with van der Waals surface area (Å²) in [5.41, 5.74) is 0.935. The van der Waals surface area contributed by atoms with E-state index in [0.717, 1.165) is 6.42 Å². The summed E-state index contributed by atoms with van der Waals surface area (Å²) in [6.45, 7) is 3.92. The zero-order valence-corrected chi connectivity index (χ0v) is 22.5. The first kappa shape index (κ1) is 27.9. The van der Waals surface area contributed by atoms with Crippen molar-refractivity contribution in [3.05, 3.63) is 59.4 Å². The van der Waals surface area contributed by atoms with E-state index in [1.807, 2.05) is 0 Å². The van der Waals surface area contributed by atoms with Crippen LogP contribution in [0, 0.1) is 23.6 Å². The number of hydrogen-bond acceptors (Lipinski definition) is 7. The Morgan fingerprint density at radius 2 is 1.87 bits per heavy atom. The van der Waals surface area contributed by atoms with Crippen LogP contribution < -0.4 is 20.1 Å². The molecule has 2 aliphatic rings. The second-order valence-corrected chi connectivity index (χ2v) is 10.2. The van der Waals surface area contributed by atoms with Crippen molar-refractivity contribution in [1.82, 2.24) is 10.6 Å². The number of nitrogens with one attached hydrogen (secondary N) is 2. The van der Waals surface area contributed by atoms with Crippen LogP contribution in [-0.4, -0.2) is 57.4 Å². The second-order valence-electron chi connectivity index (χ2n) is 10.2. The molecular formula is C29H37FN2O6. The molecule has 0 aromatic heterocycles. The van der Waals surface area contributed by atoms with Crippen LogP contribution in [0.2, 0.25) is 0 Å². The largest absolute Gasteiger partial charge is 0.497 e. The summed E-state index contributed by atoms with van der Waals surface area (Å²) >= 11 is 0. The topological polar surface area (TPSA) is 95.1 Å². The number of benzene rings is 2. The van der Waals surface area contributed by atoms with E-state index in [0.29, 0.717) is 40.5 Å². The molecule has 206 valence electrons. The minimum absolute atomic E-state index is 0.0509. The molecule has 2 N–H and O–H groups in total. The van der Waals surface area contributed by atoms with E-state index in [9.17, 15) is 14.0 Å². The fourth-order valence-corrected chi connectivity index (χ4v) is 5.49. The maximum absolute atomic E-state index is 14.5. The van der Waals surface area contributed by atoms with Crippen LogP contribution in [-0.2, 0) is 32.1 Å². The molecule has 1 aliphatic heterocycles. The Morgan fingerprint density at radius 1 is 1.11 bits per heavy atom. The average molecular weight is 529 g/mol. The number of carbonyl (C=O) groups excluding carboxylic acids is 2. The number of halogens is 1. The summed E-state index contributed by atoms with van der Waals surface area (Å²) in [6, 6.07) is 10.8. The van der Waals surface area contributed by atoms with Crippen LogP contribution in [0.1, 0.15) is 31.4 Å². The van der Waals surface area contributed by atoms with E-state index in [4.69, 9.17) is 18.9 Å². The van der Waals surface area contributed by atoms with Gasteiger partial charge in [0.1, 0.15) is 30.0 Å². The molecule has 2 aromatic rings. The molecule has 8 nitrogen and oxygen atoms in total. The summed E-state index contributed by atoms with van der Waals surface area (Å²) in [5.74, 6) is 0.350. The maximum atomic E-state index is 14.5. The van der Waals surface area contributed by atoms with Gasteiger partial charge in [0.25, 0.3) is 0 Å². The first-order valence-corrected chi connectivity index (χ1v) is 13.0. The van der Waals surface area contributed by atoms with Crippen LogP contribution in [0.3, 0.4) is 0 Å². The number of fused-ring (bicyclic) bond motifs is 1. The number of methoxy groups -OCH3 is 3. The molecule has 0 unspecified atom stereocenters.